The van der Waals surface area contributed by atoms with Gasteiger partial charge in [0.2, 0.25) is 5.91 Å². The molecule has 5 saturated carbocycles. The van der Waals surface area contributed by atoms with Crippen LogP contribution in [0.3, 0.4) is 0 Å². The molecule has 9 heteroatoms. The van der Waals surface area contributed by atoms with Gasteiger partial charge in [0, 0.05) is 18.5 Å². The van der Waals surface area contributed by atoms with Gasteiger partial charge in [0.15, 0.2) is 5.82 Å². The van der Waals surface area contributed by atoms with E-state index < -0.39 is 0 Å². The van der Waals surface area contributed by atoms with Crippen LogP contribution < -0.4 is 10.6 Å². The van der Waals surface area contributed by atoms with E-state index in [9.17, 15) is 9.59 Å². The molecule has 0 saturated heterocycles. The Morgan fingerprint density at radius 3 is 2.47 bits per heavy atom. The first-order valence-electron chi connectivity index (χ1n) is 11.8. The lowest BCUT2D eigenvalue weighted by atomic mass is 9.51. The molecule has 0 aromatic carbocycles. The van der Waals surface area contributed by atoms with E-state index in [4.69, 9.17) is 11.6 Å². The van der Waals surface area contributed by atoms with E-state index in [1.807, 2.05) is 4.68 Å². The van der Waals surface area contributed by atoms with Crippen molar-refractivity contribution < 1.29 is 9.59 Å². The number of hydrogen-bond acceptors (Lipinski definition) is 4. The quantitative estimate of drug-likeness (QED) is 0.722. The zero-order valence-corrected chi connectivity index (χ0v) is 19.0. The first-order chi connectivity index (χ1) is 15.4. The predicted octanol–water partition coefficient (Wildman–Crippen LogP) is 3.26. The average molecular weight is 457 g/mol. The van der Waals surface area contributed by atoms with Gasteiger partial charge in [-0.15, -0.1) is 0 Å². The third-order valence-corrected chi connectivity index (χ3v) is 8.41. The molecular formula is C23H29ClN6O2. The summed E-state index contributed by atoms with van der Waals surface area (Å²) in [6.07, 6.45) is 13.5. The maximum Gasteiger partial charge on any atom is 0.256 e. The van der Waals surface area contributed by atoms with E-state index in [2.05, 4.69) is 20.8 Å². The zero-order valence-electron chi connectivity index (χ0n) is 18.3. The monoisotopic (exact) mass is 456 g/mol. The molecule has 2 N–H and O–H groups in total. The van der Waals surface area contributed by atoms with Crippen molar-refractivity contribution in [3.63, 3.8) is 0 Å². The first-order valence-corrected chi connectivity index (χ1v) is 12.2. The van der Waals surface area contributed by atoms with E-state index >= 15 is 0 Å². The van der Waals surface area contributed by atoms with Crippen LogP contribution in [0.5, 0.6) is 0 Å². The number of nitrogens with one attached hydrogen (secondary N) is 2. The van der Waals surface area contributed by atoms with Gasteiger partial charge in [-0.1, -0.05) is 11.6 Å². The van der Waals surface area contributed by atoms with Crippen molar-refractivity contribution in [1.29, 1.82) is 0 Å². The summed E-state index contributed by atoms with van der Waals surface area (Å²) in [4.78, 5) is 25.4. The second kappa shape index (κ2) is 7.33. The Kier molecular flexibility index (Phi) is 4.65. The molecule has 170 valence electrons. The van der Waals surface area contributed by atoms with Crippen LogP contribution >= 0.6 is 11.6 Å². The molecule has 0 spiro atoms. The molecule has 32 heavy (non-hydrogen) atoms. The van der Waals surface area contributed by atoms with Crippen LogP contribution in [0.1, 0.15) is 74.7 Å². The molecule has 0 radical (unpaired) electrons. The largest absolute Gasteiger partial charge is 0.351 e. The fraction of sp³-hybridized carbons (Fsp3) is 0.652. The van der Waals surface area contributed by atoms with Crippen LogP contribution in [0.25, 0.3) is 5.82 Å². The van der Waals surface area contributed by atoms with E-state index in [0.29, 0.717) is 40.2 Å². The van der Waals surface area contributed by atoms with Gasteiger partial charge in [-0.25, -0.2) is 9.36 Å². The summed E-state index contributed by atoms with van der Waals surface area (Å²) in [5.41, 5.74) is 0.470. The molecule has 8 nitrogen and oxygen atoms in total. The minimum Gasteiger partial charge on any atom is -0.351 e. The number of carbonyl (C=O) groups is 2. The number of carbonyl (C=O) groups excluding carboxylic acids is 2. The smallest absolute Gasteiger partial charge is 0.256 e. The standard InChI is InChI=1S/C23H29ClN6O2/c1-13(31)28-23-7-14-5-15(8-23)20(16(6-14)9-23)27-21(32)19-11-26-30(18-3-2-4-18)22(19)29-12-17(24)10-25-29/h10-12,14-16,18,20H,2-9H2,1H3,(H,27,32)(H,28,31)/t14?,15-,16-,20?,23?/m0/s1. The summed E-state index contributed by atoms with van der Waals surface area (Å²) < 4.78 is 3.61. The Balaban J connectivity index is 1.27. The maximum atomic E-state index is 13.5. The van der Waals surface area contributed by atoms with Crippen LogP contribution in [0.2, 0.25) is 5.02 Å². The Hall–Kier alpha value is -2.35. The first kappa shape index (κ1) is 20.3. The van der Waals surface area contributed by atoms with Gasteiger partial charge in [-0.3, -0.25) is 9.59 Å². The van der Waals surface area contributed by atoms with Crippen molar-refractivity contribution in [3.8, 4) is 5.82 Å². The highest BCUT2D eigenvalue weighted by Crippen LogP contribution is 2.55. The molecule has 4 bridgehead atoms. The van der Waals surface area contributed by atoms with Crippen LogP contribution in [0.15, 0.2) is 18.6 Å². The van der Waals surface area contributed by atoms with Crippen molar-refractivity contribution in [2.75, 3.05) is 0 Å². The predicted molar refractivity (Wildman–Crippen MR) is 119 cm³/mol. The highest BCUT2D eigenvalue weighted by molar-refractivity contribution is 6.30. The SMILES string of the molecule is CC(=O)NC12CC3C[C@@H](C1)C(NC(=O)c1cnn(C4CCC4)c1-n1cc(Cl)cn1)[C@@H](C3)C2. The van der Waals surface area contributed by atoms with E-state index in [0.717, 1.165) is 44.9 Å². The summed E-state index contributed by atoms with van der Waals surface area (Å²) in [6.45, 7) is 1.61. The molecule has 5 fully saturated rings. The molecule has 2 aromatic heterocycles. The molecule has 0 unspecified atom stereocenters. The lowest BCUT2D eigenvalue weighted by Crippen LogP contribution is -2.66. The number of hydrogen-bond donors (Lipinski definition) is 2. The number of rotatable bonds is 5. The molecule has 5 aliphatic carbocycles. The van der Waals surface area contributed by atoms with Gasteiger partial charge in [-0.05, 0) is 69.1 Å². The number of amides is 2. The normalized spacial score (nSPS) is 33.2. The highest BCUT2D eigenvalue weighted by Gasteiger charge is 2.56. The third kappa shape index (κ3) is 3.26. The molecule has 7 rings (SSSR count). The van der Waals surface area contributed by atoms with Crippen molar-refractivity contribution in [2.24, 2.45) is 17.8 Å². The maximum absolute atomic E-state index is 13.5. The van der Waals surface area contributed by atoms with E-state index in [1.54, 1.807) is 30.2 Å². The van der Waals surface area contributed by atoms with E-state index in [-0.39, 0.29) is 23.4 Å². The van der Waals surface area contributed by atoms with Crippen molar-refractivity contribution in [3.05, 3.63) is 29.2 Å². The summed E-state index contributed by atoms with van der Waals surface area (Å²) in [7, 11) is 0. The molecule has 2 amide bonds. The van der Waals surface area contributed by atoms with Gasteiger partial charge < -0.3 is 10.6 Å². The lowest BCUT2D eigenvalue weighted by molar-refractivity contribution is -0.125. The number of aromatic nitrogens is 4. The highest BCUT2D eigenvalue weighted by atomic mass is 35.5. The lowest BCUT2D eigenvalue weighted by Gasteiger charge is -2.60. The summed E-state index contributed by atoms with van der Waals surface area (Å²) in [5.74, 6) is 2.11. The fourth-order valence-electron chi connectivity index (χ4n) is 7.08. The van der Waals surface area contributed by atoms with Crippen molar-refractivity contribution >= 4 is 23.4 Å². The van der Waals surface area contributed by atoms with Crippen LogP contribution in [0, 0.1) is 17.8 Å². The molecule has 2 atom stereocenters. The fourth-order valence-corrected chi connectivity index (χ4v) is 7.21. The summed E-state index contributed by atoms with van der Waals surface area (Å²) >= 11 is 6.13. The van der Waals surface area contributed by atoms with Crippen molar-refractivity contribution in [2.45, 2.75) is 75.9 Å². The van der Waals surface area contributed by atoms with Crippen LogP contribution in [-0.4, -0.2) is 43.0 Å². The van der Waals surface area contributed by atoms with Crippen molar-refractivity contribution in [1.82, 2.24) is 30.2 Å². The van der Waals surface area contributed by atoms with Gasteiger partial charge in [-0.2, -0.15) is 10.2 Å². The average Bonchev–Trinajstić information content (AvgIpc) is 3.28. The van der Waals surface area contributed by atoms with E-state index in [1.165, 1.54) is 6.42 Å². The van der Waals surface area contributed by atoms with Gasteiger partial charge >= 0.3 is 0 Å². The Morgan fingerprint density at radius 2 is 1.88 bits per heavy atom. The molecule has 2 aromatic rings. The molecule has 5 aliphatic rings. The zero-order chi connectivity index (χ0) is 22.0. The second-order valence-corrected chi connectivity index (χ2v) is 10.9. The van der Waals surface area contributed by atoms with Crippen LogP contribution in [0.4, 0.5) is 0 Å². The summed E-state index contributed by atoms with van der Waals surface area (Å²) in [6, 6.07) is 0.440. The number of nitrogens with zero attached hydrogens (tertiary/aromatic N) is 4. The second-order valence-electron chi connectivity index (χ2n) is 10.4. The molecule has 2 heterocycles. The minimum absolute atomic E-state index is 0.0541. The third-order valence-electron chi connectivity index (χ3n) is 8.21. The number of halogens is 1. The Morgan fingerprint density at radius 1 is 1.12 bits per heavy atom. The van der Waals surface area contributed by atoms with Gasteiger partial charge in [0.25, 0.3) is 5.91 Å². The topological polar surface area (TPSA) is 93.8 Å². The minimum atomic E-state index is -0.0942. The summed E-state index contributed by atoms with van der Waals surface area (Å²) in [5, 5.41) is 16.1. The van der Waals surface area contributed by atoms with Gasteiger partial charge in [0.1, 0.15) is 5.56 Å². The van der Waals surface area contributed by atoms with Gasteiger partial charge in [0.05, 0.1) is 29.7 Å². The molecular weight excluding hydrogens is 428 g/mol. The van der Waals surface area contributed by atoms with Crippen LogP contribution in [-0.2, 0) is 4.79 Å². The Labute approximate surface area is 192 Å². The Bertz CT molecular complexity index is 1060. The molecule has 0 aliphatic heterocycles.